The number of carbonyl (C=O) groups excluding carboxylic acids is 2. The third-order valence-electron chi connectivity index (χ3n) is 4.41. The first kappa shape index (κ1) is 16.5. The molecule has 0 saturated carbocycles. The number of carbonyl (C=O) groups is 2. The molecule has 0 aliphatic carbocycles. The van der Waals surface area contributed by atoms with Gasteiger partial charge in [0.2, 0.25) is 11.8 Å². The Morgan fingerprint density at radius 2 is 1.91 bits per heavy atom. The number of benzene rings is 1. The second-order valence-electron chi connectivity index (χ2n) is 5.92. The average Bonchev–Trinajstić information content (AvgIpc) is 2.55. The van der Waals surface area contributed by atoms with Gasteiger partial charge in [-0.05, 0) is 44.8 Å². The third kappa shape index (κ3) is 4.56. The van der Waals surface area contributed by atoms with E-state index in [1.807, 2.05) is 25.1 Å². The topological polar surface area (TPSA) is 75.4 Å². The van der Waals surface area contributed by atoms with Crippen LogP contribution in [0.5, 0.6) is 0 Å². The first-order valence-corrected chi connectivity index (χ1v) is 7.93. The third-order valence-corrected chi connectivity index (χ3v) is 4.41. The fraction of sp³-hybridized carbons (Fsp3) is 0.529. The largest absolute Gasteiger partial charge is 0.369 e. The van der Waals surface area contributed by atoms with Crippen molar-refractivity contribution in [2.24, 2.45) is 11.7 Å². The highest BCUT2D eigenvalue weighted by Gasteiger charge is 2.28. The maximum atomic E-state index is 12.2. The molecule has 0 unspecified atom stereocenters. The summed E-state index contributed by atoms with van der Waals surface area (Å²) in [4.78, 5) is 25.5. The summed E-state index contributed by atoms with van der Waals surface area (Å²) >= 11 is 0. The van der Waals surface area contributed by atoms with Crippen LogP contribution in [0.25, 0.3) is 0 Å². The van der Waals surface area contributed by atoms with Crippen LogP contribution in [0.3, 0.4) is 0 Å². The van der Waals surface area contributed by atoms with Crippen LogP contribution in [0.4, 0.5) is 0 Å². The molecule has 5 nitrogen and oxygen atoms in total. The van der Waals surface area contributed by atoms with Crippen molar-refractivity contribution in [1.29, 1.82) is 0 Å². The summed E-state index contributed by atoms with van der Waals surface area (Å²) in [5, 5.41) is 2.99. The van der Waals surface area contributed by atoms with Gasteiger partial charge in [-0.2, -0.15) is 0 Å². The van der Waals surface area contributed by atoms with E-state index in [9.17, 15) is 9.59 Å². The van der Waals surface area contributed by atoms with Crippen LogP contribution < -0.4 is 11.1 Å². The number of hydrogen-bond donors (Lipinski definition) is 2. The van der Waals surface area contributed by atoms with Crippen LogP contribution in [0, 0.1) is 5.92 Å². The molecule has 120 valence electrons. The van der Waals surface area contributed by atoms with E-state index in [1.54, 1.807) is 0 Å². The zero-order valence-electron chi connectivity index (χ0n) is 13.1. The minimum atomic E-state index is -0.223. The molecular weight excluding hydrogens is 278 g/mol. The summed E-state index contributed by atoms with van der Waals surface area (Å²) in [6, 6.07) is 9.95. The molecule has 2 rings (SSSR count). The smallest absolute Gasteiger partial charge is 0.237 e. The summed E-state index contributed by atoms with van der Waals surface area (Å²) < 4.78 is 0. The van der Waals surface area contributed by atoms with Crippen LogP contribution in [-0.4, -0.2) is 42.4 Å². The lowest BCUT2D eigenvalue weighted by molar-refractivity contribution is -0.127. The quantitative estimate of drug-likeness (QED) is 0.821. The van der Waals surface area contributed by atoms with Gasteiger partial charge in [-0.15, -0.1) is 0 Å². The van der Waals surface area contributed by atoms with Gasteiger partial charge in [-0.1, -0.05) is 30.3 Å². The second-order valence-corrected chi connectivity index (χ2v) is 5.92. The van der Waals surface area contributed by atoms with E-state index in [0.29, 0.717) is 6.54 Å². The van der Waals surface area contributed by atoms with Crippen molar-refractivity contribution in [2.45, 2.75) is 32.2 Å². The molecule has 0 radical (unpaired) electrons. The molecule has 1 saturated heterocycles. The van der Waals surface area contributed by atoms with E-state index in [4.69, 9.17) is 5.73 Å². The number of nitrogens with two attached hydrogens (primary N) is 1. The molecule has 1 aromatic carbocycles. The lowest BCUT2D eigenvalue weighted by Crippen LogP contribution is -2.49. The van der Waals surface area contributed by atoms with Gasteiger partial charge in [0.15, 0.2) is 0 Å². The van der Waals surface area contributed by atoms with Crippen molar-refractivity contribution in [3.8, 4) is 0 Å². The van der Waals surface area contributed by atoms with Crippen molar-refractivity contribution in [1.82, 2.24) is 10.2 Å². The molecule has 1 atom stereocenters. The molecule has 0 aromatic heterocycles. The van der Waals surface area contributed by atoms with Gasteiger partial charge in [0, 0.05) is 12.5 Å². The number of likely N-dealkylation sites (tertiary alicyclic amines) is 1. The number of rotatable bonds is 6. The van der Waals surface area contributed by atoms with E-state index >= 15 is 0 Å². The standard InChI is InChI=1S/C17H25N3O2/c1-13(20-11-8-15(9-12-20)16(18)21)17(22)19-10-7-14-5-3-2-4-6-14/h2-6,13,15H,7-12H2,1H3,(H2,18,21)(H,19,22)/t13-/m0/s1. The van der Waals surface area contributed by atoms with Crippen molar-refractivity contribution in [3.63, 3.8) is 0 Å². The number of piperidine rings is 1. The molecule has 1 aliphatic heterocycles. The zero-order chi connectivity index (χ0) is 15.9. The monoisotopic (exact) mass is 303 g/mol. The van der Waals surface area contributed by atoms with Gasteiger partial charge < -0.3 is 11.1 Å². The maximum absolute atomic E-state index is 12.2. The van der Waals surface area contributed by atoms with E-state index in [2.05, 4.69) is 22.3 Å². The van der Waals surface area contributed by atoms with Crippen LogP contribution in [0.15, 0.2) is 30.3 Å². The highest BCUT2D eigenvalue weighted by atomic mass is 16.2. The SMILES string of the molecule is C[C@@H](C(=O)NCCc1ccccc1)N1CCC(C(N)=O)CC1. The molecule has 22 heavy (non-hydrogen) atoms. The number of nitrogens with zero attached hydrogens (tertiary/aromatic N) is 1. The van der Waals surface area contributed by atoms with Gasteiger partial charge in [0.25, 0.3) is 0 Å². The van der Waals surface area contributed by atoms with Crippen LogP contribution >= 0.6 is 0 Å². The molecule has 1 fully saturated rings. The van der Waals surface area contributed by atoms with Gasteiger partial charge in [0.1, 0.15) is 0 Å². The Kier molecular flexibility index (Phi) is 5.95. The van der Waals surface area contributed by atoms with E-state index in [0.717, 1.165) is 32.4 Å². The predicted octanol–water partition coefficient (Wildman–Crippen LogP) is 0.931. The first-order valence-electron chi connectivity index (χ1n) is 7.93. The number of hydrogen-bond acceptors (Lipinski definition) is 3. The molecule has 1 aliphatic rings. The molecule has 1 heterocycles. The molecule has 0 spiro atoms. The highest BCUT2D eigenvalue weighted by Crippen LogP contribution is 2.18. The molecule has 1 aromatic rings. The van der Waals surface area contributed by atoms with Crippen LogP contribution in [0.2, 0.25) is 0 Å². The average molecular weight is 303 g/mol. The lowest BCUT2D eigenvalue weighted by atomic mass is 9.95. The lowest BCUT2D eigenvalue weighted by Gasteiger charge is -2.34. The predicted molar refractivity (Wildman–Crippen MR) is 86.1 cm³/mol. The molecule has 3 N–H and O–H groups in total. The Labute approximate surface area is 131 Å². The van der Waals surface area contributed by atoms with Crippen molar-refractivity contribution in [2.75, 3.05) is 19.6 Å². The van der Waals surface area contributed by atoms with Crippen molar-refractivity contribution >= 4 is 11.8 Å². The fourth-order valence-corrected chi connectivity index (χ4v) is 2.86. The summed E-state index contributed by atoms with van der Waals surface area (Å²) in [6.07, 6.45) is 2.33. The van der Waals surface area contributed by atoms with Gasteiger partial charge in [-0.3, -0.25) is 14.5 Å². The first-order chi connectivity index (χ1) is 10.6. The number of amides is 2. The number of primary amides is 1. The molecular formula is C17H25N3O2. The molecule has 0 bridgehead atoms. The van der Waals surface area contributed by atoms with Gasteiger partial charge >= 0.3 is 0 Å². The Morgan fingerprint density at radius 3 is 2.50 bits per heavy atom. The second kappa shape index (κ2) is 7.94. The fourth-order valence-electron chi connectivity index (χ4n) is 2.86. The van der Waals surface area contributed by atoms with Gasteiger partial charge in [0.05, 0.1) is 6.04 Å². The van der Waals surface area contributed by atoms with E-state index in [1.165, 1.54) is 5.56 Å². The van der Waals surface area contributed by atoms with Gasteiger partial charge in [-0.25, -0.2) is 0 Å². The summed E-state index contributed by atoms with van der Waals surface area (Å²) in [5.74, 6) is -0.210. The van der Waals surface area contributed by atoms with Crippen LogP contribution in [0.1, 0.15) is 25.3 Å². The highest BCUT2D eigenvalue weighted by molar-refractivity contribution is 5.81. The molecule has 5 heteroatoms. The number of nitrogens with one attached hydrogen (secondary N) is 1. The minimum Gasteiger partial charge on any atom is -0.369 e. The Balaban J connectivity index is 1.72. The normalized spacial score (nSPS) is 17.9. The Morgan fingerprint density at radius 1 is 1.27 bits per heavy atom. The van der Waals surface area contributed by atoms with E-state index < -0.39 is 0 Å². The summed E-state index contributed by atoms with van der Waals surface area (Å²) in [5.41, 5.74) is 6.55. The Bertz CT molecular complexity index is 496. The summed E-state index contributed by atoms with van der Waals surface area (Å²) in [6.45, 7) is 4.06. The minimum absolute atomic E-state index is 0.0374. The molecule has 2 amide bonds. The zero-order valence-corrected chi connectivity index (χ0v) is 13.1. The van der Waals surface area contributed by atoms with Crippen LogP contribution in [-0.2, 0) is 16.0 Å². The summed E-state index contributed by atoms with van der Waals surface area (Å²) in [7, 11) is 0. The maximum Gasteiger partial charge on any atom is 0.237 e. The Hall–Kier alpha value is -1.88. The van der Waals surface area contributed by atoms with Crippen molar-refractivity contribution in [3.05, 3.63) is 35.9 Å². The van der Waals surface area contributed by atoms with E-state index in [-0.39, 0.29) is 23.8 Å². The van der Waals surface area contributed by atoms with Crippen molar-refractivity contribution < 1.29 is 9.59 Å².